The molecule has 0 fully saturated rings. The molecule has 0 spiro atoms. The quantitative estimate of drug-likeness (QED) is 0.185. The van der Waals surface area contributed by atoms with E-state index in [1.165, 1.54) is 11.1 Å². The SMILES string of the molecule is CC.COc1cccc(CCc2ccccc2OCC(CN(C)C)OC)c1.CSC(C)(C)C.OP(O)(O)=S.OP(O)(O)=S. The second-order valence-corrected chi connectivity index (χ2v) is 16.4. The van der Waals surface area contributed by atoms with Crippen LogP contribution in [0, 0.1) is 0 Å². The van der Waals surface area contributed by atoms with E-state index < -0.39 is 13.4 Å². The second-order valence-electron chi connectivity index (χ2n) is 9.73. The van der Waals surface area contributed by atoms with E-state index in [-0.39, 0.29) is 6.10 Å². The van der Waals surface area contributed by atoms with Gasteiger partial charge in [0.2, 0.25) is 0 Å². The highest BCUT2D eigenvalue weighted by molar-refractivity contribution is 8.06. The zero-order valence-electron chi connectivity index (χ0n) is 27.0. The van der Waals surface area contributed by atoms with Crippen LogP contribution in [0.1, 0.15) is 45.7 Å². The van der Waals surface area contributed by atoms with Crippen LogP contribution >= 0.6 is 25.2 Å². The molecule has 0 aliphatic carbocycles. The lowest BCUT2D eigenvalue weighted by molar-refractivity contribution is 0.0396. The minimum Gasteiger partial charge on any atom is -0.497 e. The van der Waals surface area contributed by atoms with Crippen molar-refractivity contribution in [3.63, 3.8) is 0 Å². The first kappa shape index (κ1) is 46.8. The van der Waals surface area contributed by atoms with Crippen LogP contribution < -0.4 is 9.47 Å². The van der Waals surface area contributed by atoms with Crippen molar-refractivity contribution in [2.45, 2.75) is 58.3 Å². The van der Waals surface area contributed by atoms with E-state index in [0.29, 0.717) is 11.4 Å². The number of hydrogen-bond acceptors (Lipinski definition) is 7. The van der Waals surface area contributed by atoms with Crippen molar-refractivity contribution in [2.75, 3.05) is 47.7 Å². The van der Waals surface area contributed by atoms with Gasteiger partial charge < -0.3 is 48.5 Å². The number of thioether (sulfide) groups is 1. The predicted molar refractivity (Wildman–Crippen MR) is 188 cm³/mol. The third kappa shape index (κ3) is 37.5. The van der Waals surface area contributed by atoms with E-state index in [0.717, 1.165) is 30.9 Å². The molecule has 0 aliphatic rings. The van der Waals surface area contributed by atoms with Gasteiger partial charge in [-0.1, -0.05) is 65.0 Å². The summed E-state index contributed by atoms with van der Waals surface area (Å²) in [7, 11) is 7.50. The third-order valence-corrected chi connectivity index (χ3v) is 5.95. The van der Waals surface area contributed by atoms with Crippen molar-refractivity contribution in [1.82, 2.24) is 4.90 Å². The summed E-state index contributed by atoms with van der Waals surface area (Å²) in [5.41, 5.74) is 2.47. The number of likely N-dealkylation sites (N-methyl/N-ethyl adjacent to an activating group) is 1. The first-order chi connectivity index (χ1) is 19.7. The third-order valence-electron chi connectivity index (χ3n) is 4.73. The largest absolute Gasteiger partial charge is 0.497 e. The van der Waals surface area contributed by atoms with Crippen LogP contribution in [0.15, 0.2) is 48.5 Å². The molecule has 2 rings (SSSR count). The van der Waals surface area contributed by atoms with Gasteiger partial charge in [-0.2, -0.15) is 11.8 Å². The number of aryl methyl sites for hydroxylation is 2. The van der Waals surface area contributed by atoms with Crippen LogP contribution in [0.5, 0.6) is 11.5 Å². The lowest BCUT2D eigenvalue weighted by Crippen LogP contribution is -2.32. The molecule has 10 nitrogen and oxygen atoms in total. The number of para-hydroxylation sites is 1. The van der Waals surface area contributed by atoms with Gasteiger partial charge in [0.25, 0.3) is 0 Å². The average Bonchev–Trinajstić information content (AvgIpc) is 2.89. The number of benzene rings is 2. The van der Waals surface area contributed by atoms with Gasteiger partial charge in [-0.3, -0.25) is 0 Å². The van der Waals surface area contributed by atoms with Gasteiger partial charge in [-0.05, 0) is 86.1 Å². The van der Waals surface area contributed by atoms with Crippen molar-refractivity contribution in [3.8, 4) is 11.5 Å². The first-order valence-electron chi connectivity index (χ1n) is 13.3. The molecule has 2 aromatic carbocycles. The van der Waals surface area contributed by atoms with Crippen LogP contribution in [-0.2, 0) is 41.2 Å². The molecular formula is C28H53NO9P2S3. The normalized spacial score (nSPS) is 11.7. The van der Waals surface area contributed by atoms with E-state index >= 15 is 0 Å². The Hall–Kier alpha value is -0.630. The Bertz CT molecular complexity index is 1030. The molecule has 2 aromatic rings. The van der Waals surface area contributed by atoms with Gasteiger partial charge in [0.1, 0.15) is 24.2 Å². The summed E-state index contributed by atoms with van der Waals surface area (Å²) < 4.78 is 17.3. The molecule has 15 heteroatoms. The molecule has 6 N–H and O–H groups in total. The Morgan fingerprint density at radius 3 is 1.77 bits per heavy atom. The maximum atomic E-state index is 7.56. The van der Waals surface area contributed by atoms with Crippen LogP contribution in [-0.4, -0.2) is 92.8 Å². The Balaban J connectivity index is -0.000000726. The number of ether oxygens (including phenoxy) is 3. The minimum absolute atomic E-state index is 0.0569. The minimum atomic E-state index is -3.81. The van der Waals surface area contributed by atoms with E-state index in [1.807, 2.05) is 64.0 Å². The van der Waals surface area contributed by atoms with E-state index in [1.54, 1.807) is 14.2 Å². The maximum Gasteiger partial charge on any atom is 0.319 e. The molecule has 0 aliphatic heterocycles. The zero-order chi connectivity index (χ0) is 34.3. The van der Waals surface area contributed by atoms with Crippen molar-refractivity contribution in [2.24, 2.45) is 0 Å². The van der Waals surface area contributed by atoms with Crippen LogP contribution in [0.25, 0.3) is 0 Å². The van der Waals surface area contributed by atoms with Gasteiger partial charge >= 0.3 is 13.4 Å². The molecule has 0 bridgehead atoms. The fraction of sp³-hybridized carbons (Fsp3) is 0.571. The predicted octanol–water partition coefficient (Wildman–Crippen LogP) is 4.99. The lowest BCUT2D eigenvalue weighted by Gasteiger charge is -2.21. The molecule has 252 valence electrons. The molecule has 0 saturated heterocycles. The van der Waals surface area contributed by atoms with Crippen LogP contribution in [0.3, 0.4) is 0 Å². The molecule has 1 unspecified atom stereocenters. The van der Waals surface area contributed by atoms with Gasteiger partial charge in [0.15, 0.2) is 0 Å². The summed E-state index contributed by atoms with van der Waals surface area (Å²) in [5, 5.41) is 0. The van der Waals surface area contributed by atoms with E-state index in [4.69, 9.17) is 43.6 Å². The summed E-state index contributed by atoms with van der Waals surface area (Å²) in [5.74, 6) is 1.83. The zero-order valence-corrected chi connectivity index (χ0v) is 31.2. The molecule has 0 aromatic heterocycles. The fourth-order valence-electron chi connectivity index (χ4n) is 2.74. The standard InChI is InChI=1S/C21H29NO3.C5H12S.C2H6.2H3O3PS/c1-22(2)15-20(24-4)16-25-21-11-6-5-9-18(21)13-12-17-8-7-10-19(14-17)23-3;1-5(2,3)6-4;1-2;2*1-4(2,3)5/h5-11,14,20H,12-13,15-16H2,1-4H3;1-4H3;1-2H3;2*(H3,1,2,3,5). The van der Waals surface area contributed by atoms with Crippen LogP contribution in [0.4, 0.5) is 0 Å². The van der Waals surface area contributed by atoms with Crippen molar-refractivity contribution in [3.05, 3.63) is 59.7 Å². The molecule has 43 heavy (non-hydrogen) atoms. The van der Waals surface area contributed by atoms with Crippen LogP contribution in [0.2, 0.25) is 0 Å². The summed E-state index contributed by atoms with van der Waals surface area (Å²) in [6, 6.07) is 16.4. The topological polar surface area (TPSA) is 152 Å². The van der Waals surface area contributed by atoms with Gasteiger partial charge in [-0.15, -0.1) is 0 Å². The molecule has 0 radical (unpaired) electrons. The number of rotatable bonds is 10. The number of methoxy groups -OCH3 is 2. The Kier molecular flexibility index (Phi) is 27.8. The fourth-order valence-corrected chi connectivity index (χ4v) is 2.74. The molecule has 1 atom stereocenters. The highest BCUT2D eigenvalue weighted by Crippen LogP contribution is 2.27. The molecule has 0 heterocycles. The highest BCUT2D eigenvalue weighted by Gasteiger charge is 2.11. The Labute approximate surface area is 273 Å². The van der Waals surface area contributed by atoms with Gasteiger partial charge in [0, 0.05) is 18.4 Å². The molecular weight excluding hydrogens is 652 g/mol. The van der Waals surface area contributed by atoms with Crippen molar-refractivity contribution in [1.29, 1.82) is 0 Å². The first-order valence-corrected chi connectivity index (χ1v) is 19.9. The monoisotopic (exact) mass is 705 g/mol. The molecule has 0 amide bonds. The van der Waals surface area contributed by atoms with Crippen molar-refractivity contribution < 1.29 is 43.6 Å². The smallest absolute Gasteiger partial charge is 0.319 e. The second kappa shape index (κ2) is 25.5. The summed E-state index contributed by atoms with van der Waals surface area (Å²) in [4.78, 5) is 47.5. The summed E-state index contributed by atoms with van der Waals surface area (Å²) in [6.07, 6.45) is 4.05. The highest BCUT2D eigenvalue weighted by atomic mass is 32.5. The Morgan fingerprint density at radius 2 is 1.35 bits per heavy atom. The van der Waals surface area contributed by atoms with Gasteiger partial charge in [0.05, 0.1) is 7.11 Å². The number of nitrogens with zero attached hydrogens (tertiary/aromatic N) is 1. The Morgan fingerprint density at radius 1 is 0.860 bits per heavy atom. The summed E-state index contributed by atoms with van der Waals surface area (Å²) in [6.45, 7) is 4.39. The number of hydrogen-bond donors (Lipinski definition) is 6. The average molecular weight is 706 g/mol. The maximum absolute atomic E-state index is 7.56. The van der Waals surface area contributed by atoms with E-state index in [2.05, 4.69) is 79.8 Å². The van der Waals surface area contributed by atoms with Crippen molar-refractivity contribution >= 4 is 48.8 Å². The summed E-state index contributed by atoms with van der Waals surface area (Å²) >= 11 is 9.09. The van der Waals surface area contributed by atoms with Gasteiger partial charge in [-0.25, -0.2) is 0 Å². The molecule has 0 saturated carbocycles. The lowest BCUT2D eigenvalue weighted by atomic mass is 10.0. The van der Waals surface area contributed by atoms with E-state index in [9.17, 15) is 0 Å².